The largest absolute Gasteiger partial charge is 0.491 e. The lowest BCUT2D eigenvalue weighted by atomic mass is 9.95. The third-order valence-corrected chi connectivity index (χ3v) is 6.95. The summed E-state index contributed by atoms with van der Waals surface area (Å²) in [4.78, 5) is 37.6. The van der Waals surface area contributed by atoms with Crippen LogP contribution in [0.5, 0.6) is 0 Å². The van der Waals surface area contributed by atoms with Gasteiger partial charge in [-0.05, 0) is 68.7 Å². The number of aromatic nitrogens is 2. The van der Waals surface area contributed by atoms with Crippen LogP contribution in [-0.4, -0.2) is 59.3 Å². The number of rotatable bonds is 10. The number of fused-ring (bicyclic) bond motifs is 1. The minimum Gasteiger partial charge on any atom is -0.418 e. The molecule has 1 aliphatic heterocycles. The highest BCUT2D eigenvalue weighted by Gasteiger charge is 2.42. The second kappa shape index (κ2) is 13.0. The molecule has 0 unspecified atom stereocenters. The van der Waals surface area contributed by atoms with Gasteiger partial charge in [0, 0.05) is 17.9 Å². The number of nitrogens with zero attached hydrogens (tertiary/aromatic N) is 3. The maximum absolute atomic E-state index is 13.1. The van der Waals surface area contributed by atoms with E-state index in [9.17, 15) is 27.6 Å². The number of carbonyl (C=O) groups is 3. The Kier molecular flexibility index (Phi) is 9.51. The smallest absolute Gasteiger partial charge is 0.418 e. The summed E-state index contributed by atoms with van der Waals surface area (Å²) in [6.07, 6.45) is -2.50. The number of hydrogen-bond donors (Lipinski definition) is 1. The zero-order chi connectivity index (χ0) is 28.7. The van der Waals surface area contributed by atoms with E-state index in [1.807, 2.05) is 49.5 Å². The molecule has 0 bridgehead atoms. The van der Waals surface area contributed by atoms with Gasteiger partial charge in [0.15, 0.2) is 0 Å². The van der Waals surface area contributed by atoms with Gasteiger partial charge in [0.1, 0.15) is 6.04 Å². The number of ether oxygens (including phenoxy) is 1. The van der Waals surface area contributed by atoms with Crippen molar-refractivity contribution in [2.24, 2.45) is 5.92 Å². The van der Waals surface area contributed by atoms with Crippen molar-refractivity contribution in [1.82, 2.24) is 20.4 Å². The lowest BCUT2D eigenvalue weighted by Gasteiger charge is -2.29. The number of amides is 1. The van der Waals surface area contributed by atoms with Gasteiger partial charge >= 0.3 is 18.1 Å². The number of hydrogen-bond acceptors (Lipinski definition) is 8. The van der Waals surface area contributed by atoms with Crippen molar-refractivity contribution in [3.05, 3.63) is 48.4 Å². The van der Waals surface area contributed by atoms with Crippen LogP contribution in [0.2, 0.25) is 0 Å². The molecule has 214 valence electrons. The Morgan fingerprint density at radius 1 is 1.05 bits per heavy atom. The van der Waals surface area contributed by atoms with Gasteiger partial charge in [0.2, 0.25) is 17.7 Å². The number of likely N-dealkylation sites (tertiary alicyclic amines) is 1. The van der Waals surface area contributed by atoms with Crippen LogP contribution in [-0.2, 0) is 19.1 Å². The number of nitrogens with one attached hydrogen (secondary N) is 1. The monoisotopic (exact) mass is 560 g/mol. The Morgan fingerprint density at radius 3 is 2.50 bits per heavy atom. The second-order valence-electron chi connectivity index (χ2n) is 10.0. The van der Waals surface area contributed by atoms with E-state index in [1.54, 1.807) is 0 Å². The van der Waals surface area contributed by atoms with Crippen molar-refractivity contribution in [1.29, 1.82) is 0 Å². The van der Waals surface area contributed by atoms with Crippen molar-refractivity contribution >= 4 is 28.6 Å². The van der Waals surface area contributed by atoms with Crippen molar-refractivity contribution < 1.29 is 36.7 Å². The molecule has 3 aromatic rings. The van der Waals surface area contributed by atoms with E-state index in [0.29, 0.717) is 25.2 Å². The Balaban J connectivity index is 1.39. The van der Waals surface area contributed by atoms with Crippen LogP contribution in [0.3, 0.4) is 0 Å². The number of unbranched alkanes of at least 4 members (excludes halogenated alkanes) is 2. The number of piperidine rings is 1. The van der Waals surface area contributed by atoms with Gasteiger partial charge in [-0.2, -0.15) is 13.2 Å². The second-order valence-corrected chi connectivity index (χ2v) is 10.0. The molecule has 0 aliphatic carbocycles. The number of carbonyl (C=O) groups excluding carboxylic acids is 3. The average Bonchev–Trinajstić information content (AvgIpc) is 3.42. The minimum atomic E-state index is -5.22. The first-order valence-electron chi connectivity index (χ1n) is 13.2. The van der Waals surface area contributed by atoms with E-state index in [0.717, 1.165) is 42.3 Å². The van der Waals surface area contributed by atoms with Crippen molar-refractivity contribution in [2.75, 3.05) is 20.1 Å². The highest BCUT2D eigenvalue weighted by atomic mass is 19.4. The zero-order valence-corrected chi connectivity index (χ0v) is 22.1. The summed E-state index contributed by atoms with van der Waals surface area (Å²) >= 11 is 0. The fraction of sp³-hybridized carbons (Fsp3) is 0.464. The van der Waals surface area contributed by atoms with E-state index in [1.165, 1.54) is 0 Å². The predicted octanol–water partition coefficient (Wildman–Crippen LogP) is 4.97. The molecule has 1 atom stereocenters. The number of halogens is 3. The molecule has 1 fully saturated rings. The molecular formula is C28H31F3N4O5. The fourth-order valence-electron chi connectivity index (χ4n) is 4.64. The van der Waals surface area contributed by atoms with Gasteiger partial charge < -0.3 is 19.4 Å². The Hall–Kier alpha value is -3.80. The summed E-state index contributed by atoms with van der Waals surface area (Å²) in [6, 6.07) is 13.1. The summed E-state index contributed by atoms with van der Waals surface area (Å²) < 4.78 is 46.6. The number of alkyl halides is 3. The topological polar surface area (TPSA) is 115 Å². The molecule has 1 amide bonds. The SMILES string of the molecule is CN1CCC(C(=O)N[C@@H](CCCCCC(=O)OC(=O)C(F)(F)F)c2nnc(-c3ccc4ccccc4c3)o2)CC1. The molecule has 0 radical (unpaired) electrons. The molecule has 1 N–H and O–H groups in total. The van der Waals surface area contributed by atoms with E-state index < -0.39 is 24.2 Å². The molecule has 4 rings (SSSR count). The third kappa shape index (κ3) is 7.87. The van der Waals surface area contributed by atoms with Gasteiger partial charge in [-0.25, -0.2) is 4.79 Å². The van der Waals surface area contributed by atoms with Crippen molar-refractivity contribution in [2.45, 2.75) is 57.2 Å². The highest BCUT2D eigenvalue weighted by Crippen LogP contribution is 2.28. The molecule has 1 aliphatic rings. The number of esters is 2. The summed E-state index contributed by atoms with van der Waals surface area (Å²) in [5.41, 5.74) is 0.741. The highest BCUT2D eigenvalue weighted by molar-refractivity contribution is 5.88. The Bertz CT molecular complexity index is 1330. The van der Waals surface area contributed by atoms with Gasteiger partial charge in [-0.15, -0.1) is 10.2 Å². The van der Waals surface area contributed by atoms with E-state index in [2.05, 4.69) is 25.2 Å². The lowest BCUT2D eigenvalue weighted by Crippen LogP contribution is -2.40. The maximum atomic E-state index is 13.1. The van der Waals surface area contributed by atoms with Crippen LogP contribution in [0.1, 0.15) is 56.9 Å². The van der Waals surface area contributed by atoms with Crippen molar-refractivity contribution in [3.63, 3.8) is 0 Å². The summed E-state index contributed by atoms with van der Waals surface area (Å²) in [5, 5.41) is 13.5. The Labute approximate surface area is 229 Å². The minimum absolute atomic E-state index is 0.0993. The Morgan fingerprint density at radius 2 is 1.77 bits per heavy atom. The van der Waals surface area contributed by atoms with Crippen molar-refractivity contribution in [3.8, 4) is 11.5 Å². The molecular weight excluding hydrogens is 529 g/mol. The molecule has 0 spiro atoms. The molecule has 0 saturated carbocycles. The van der Waals surface area contributed by atoms with Gasteiger partial charge in [-0.3, -0.25) is 9.59 Å². The van der Waals surface area contributed by atoms with E-state index in [4.69, 9.17) is 4.42 Å². The van der Waals surface area contributed by atoms with Gasteiger partial charge in [-0.1, -0.05) is 43.2 Å². The molecule has 12 heteroatoms. The third-order valence-electron chi connectivity index (χ3n) is 6.95. The molecule has 1 aromatic heterocycles. The first-order chi connectivity index (χ1) is 19.1. The predicted molar refractivity (Wildman–Crippen MR) is 139 cm³/mol. The standard InChI is InChI=1S/C28H31F3N4O5/c1-35-15-13-19(14-16-35)24(37)32-22(9-3-2-4-10-23(36)39-27(38)28(29,30)31)26-34-33-25(40-26)21-12-11-18-7-5-6-8-20(18)17-21/h5-8,11-12,17,19,22H,2-4,9-10,13-16H2,1H3,(H,32,37)/t22-/m0/s1. The zero-order valence-electron chi connectivity index (χ0n) is 22.1. The van der Waals surface area contributed by atoms with Crippen LogP contribution in [0, 0.1) is 5.92 Å². The van der Waals surface area contributed by atoms with Crippen LogP contribution >= 0.6 is 0 Å². The normalized spacial score (nSPS) is 15.6. The summed E-state index contributed by atoms with van der Waals surface area (Å²) in [5.74, 6) is -3.42. The molecule has 1 saturated heterocycles. The number of benzene rings is 2. The molecule has 9 nitrogen and oxygen atoms in total. The summed E-state index contributed by atoms with van der Waals surface area (Å²) in [6.45, 7) is 1.64. The lowest BCUT2D eigenvalue weighted by molar-refractivity contribution is -0.201. The molecule has 2 aromatic carbocycles. The molecule has 40 heavy (non-hydrogen) atoms. The van der Waals surface area contributed by atoms with Gasteiger partial charge in [0.25, 0.3) is 0 Å². The maximum Gasteiger partial charge on any atom is 0.491 e. The van der Waals surface area contributed by atoms with Crippen LogP contribution in [0.4, 0.5) is 13.2 Å². The first-order valence-corrected chi connectivity index (χ1v) is 13.2. The van der Waals surface area contributed by atoms with E-state index >= 15 is 0 Å². The average molecular weight is 561 g/mol. The quantitative estimate of drug-likeness (QED) is 0.210. The van der Waals surface area contributed by atoms with E-state index in [-0.39, 0.29) is 30.6 Å². The summed E-state index contributed by atoms with van der Waals surface area (Å²) in [7, 11) is 2.01. The van der Waals surface area contributed by atoms with Crippen LogP contribution < -0.4 is 5.32 Å². The molecule has 2 heterocycles. The van der Waals surface area contributed by atoms with Gasteiger partial charge in [0.05, 0.1) is 0 Å². The first kappa shape index (κ1) is 29.2. The fourth-order valence-corrected chi connectivity index (χ4v) is 4.64. The van der Waals surface area contributed by atoms with Crippen LogP contribution in [0.25, 0.3) is 22.2 Å². The van der Waals surface area contributed by atoms with Crippen LogP contribution in [0.15, 0.2) is 46.9 Å².